The lowest BCUT2D eigenvalue weighted by Crippen LogP contribution is -1.96. The summed E-state index contributed by atoms with van der Waals surface area (Å²) < 4.78 is 9.21. The Kier molecular flexibility index (Phi) is 5.80. The van der Waals surface area contributed by atoms with Gasteiger partial charge in [0.1, 0.15) is 0 Å². The summed E-state index contributed by atoms with van der Waals surface area (Å²) in [6, 6.07) is 65.4. The van der Waals surface area contributed by atoms with Crippen molar-refractivity contribution in [3.63, 3.8) is 0 Å². The maximum absolute atomic E-state index is 5.27. The number of imidazole rings is 4. The van der Waals surface area contributed by atoms with Crippen LogP contribution in [0.4, 0.5) is 0 Å². The summed E-state index contributed by atoms with van der Waals surface area (Å²) in [6.45, 7) is 0. The van der Waals surface area contributed by atoms with Crippen LogP contribution in [0.3, 0.4) is 0 Å². The minimum atomic E-state index is 0.893. The first-order chi connectivity index (χ1) is 27.8. The molecule has 0 saturated heterocycles. The summed E-state index contributed by atoms with van der Waals surface area (Å²) in [5.41, 5.74) is 13.0. The number of fused-ring (bicyclic) bond motifs is 16. The normalized spacial score (nSPS) is 12.3. The second kappa shape index (κ2) is 10.9. The molecule has 0 fully saturated rings. The number of hydrogen-bond donors (Lipinski definition) is 0. The average molecular weight is 715 g/mol. The highest BCUT2D eigenvalue weighted by Gasteiger charge is 2.21. The molecule has 0 radical (unpaired) electrons. The summed E-state index contributed by atoms with van der Waals surface area (Å²) in [5.74, 6) is 1.80. The zero-order valence-electron chi connectivity index (χ0n) is 30.0. The van der Waals surface area contributed by atoms with Gasteiger partial charge < -0.3 is 0 Å². The molecule has 0 atom stereocenters. The van der Waals surface area contributed by atoms with Gasteiger partial charge in [-0.1, -0.05) is 109 Å². The quantitative estimate of drug-likeness (QED) is 0.171. The molecule has 0 aliphatic carbocycles. The Morgan fingerprint density at radius 2 is 0.732 bits per heavy atom. The van der Waals surface area contributed by atoms with E-state index >= 15 is 0 Å². The van der Waals surface area contributed by atoms with Crippen LogP contribution in [-0.4, -0.2) is 27.9 Å². The van der Waals surface area contributed by atoms with E-state index < -0.39 is 0 Å². The molecule has 0 unspecified atom stereocenters. The molecule has 4 aromatic heterocycles. The smallest absolute Gasteiger partial charge is 0.220 e. The Balaban J connectivity index is 1.07. The van der Waals surface area contributed by atoms with Crippen LogP contribution in [0.1, 0.15) is 0 Å². The van der Waals surface area contributed by atoms with Crippen molar-refractivity contribution in [3.05, 3.63) is 182 Å². The van der Waals surface area contributed by atoms with E-state index in [2.05, 4.69) is 200 Å². The lowest BCUT2D eigenvalue weighted by atomic mass is 9.94. The molecule has 56 heavy (non-hydrogen) atoms. The minimum absolute atomic E-state index is 0.893. The number of rotatable bonds is 3. The number of nitrogens with zero attached hydrogens (tertiary/aromatic N) is 6. The first-order valence-electron chi connectivity index (χ1n) is 19.0. The van der Waals surface area contributed by atoms with Crippen LogP contribution in [0.2, 0.25) is 0 Å². The average Bonchev–Trinajstić information content (AvgIpc) is 4.00. The SMILES string of the molecule is c1ccc(-n2c3ccc(-c4ccc5c(c4)n4c6ccccc6nc4n5-c4ccc5c6ccccc6c6ccccc6c5c4)cc3n3c4ccccc4nc23)cc1. The molecule has 4 heterocycles. The highest BCUT2D eigenvalue weighted by molar-refractivity contribution is 6.25. The van der Waals surface area contributed by atoms with Crippen molar-refractivity contribution in [1.82, 2.24) is 27.9 Å². The molecular weight excluding hydrogens is 685 g/mol. The van der Waals surface area contributed by atoms with Gasteiger partial charge in [-0.25, -0.2) is 9.97 Å². The van der Waals surface area contributed by atoms with Crippen LogP contribution in [0.25, 0.3) is 111 Å². The van der Waals surface area contributed by atoms with Gasteiger partial charge in [-0.3, -0.25) is 17.9 Å². The fourth-order valence-electron chi connectivity index (χ4n) is 9.28. The van der Waals surface area contributed by atoms with E-state index in [0.717, 1.165) is 78.2 Å². The van der Waals surface area contributed by atoms with Crippen molar-refractivity contribution in [2.75, 3.05) is 0 Å². The van der Waals surface area contributed by atoms with Gasteiger partial charge in [0.15, 0.2) is 0 Å². The van der Waals surface area contributed by atoms with Crippen LogP contribution in [0, 0.1) is 0 Å². The number of aromatic nitrogens is 6. The third-order valence-corrected chi connectivity index (χ3v) is 11.7. The molecule has 0 spiro atoms. The summed E-state index contributed by atoms with van der Waals surface area (Å²) >= 11 is 0. The second-order valence-corrected chi connectivity index (χ2v) is 14.7. The maximum Gasteiger partial charge on any atom is 0.220 e. The number of benzene rings is 9. The van der Waals surface area contributed by atoms with Gasteiger partial charge in [-0.2, -0.15) is 0 Å². The maximum atomic E-state index is 5.27. The van der Waals surface area contributed by atoms with Gasteiger partial charge >= 0.3 is 0 Å². The van der Waals surface area contributed by atoms with Crippen LogP contribution in [0.5, 0.6) is 0 Å². The van der Waals surface area contributed by atoms with Crippen LogP contribution in [0.15, 0.2) is 182 Å². The third kappa shape index (κ3) is 3.94. The van der Waals surface area contributed by atoms with Gasteiger partial charge in [-0.05, 0) is 116 Å². The first-order valence-corrected chi connectivity index (χ1v) is 19.0. The predicted molar refractivity (Wildman–Crippen MR) is 231 cm³/mol. The summed E-state index contributed by atoms with van der Waals surface area (Å²) in [5, 5.41) is 7.55. The van der Waals surface area contributed by atoms with Gasteiger partial charge in [0.25, 0.3) is 0 Å². The van der Waals surface area contributed by atoms with Crippen molar-refractivity contribution in [2.24, 2.45) is 0 Å². The Hall–Kier alpha value is -7.70. The Morgan fingerprint density at radius 3 is 1.29 bits per heavy atom. The van der Waals surface area contributed by atoms with Crippen LogP contribution >= 0.6 is 0 Å². The number of para-hydroxylation sites is 5. The van der Waals surface area contributed by atoms with Crippen molar-refractivity contribution in [3.8, 4) is 22.5 Å². The van der Waals surface area contributed by atoms with Crippen LogP contribution in [-0.2, 0) is 0 Å². The fraction of sp³-hybridized carbons (Fsp3) is 0. The van der Waals surface area contributed by atoms with Crippen LogP contribution < -0.4 is 0 Å². The summed E-state index contributed by atoms with van der Waals surface area (Å²) in [4.78, 5) is 10.4. The molecule has 0 aliphatic heterocycles. The molecule has 6 heteroatoms. The largest absolute Gasteiger partial charge is 0.278 e. The summed E-state index contributed by atoms with van der Waals surface area (Å²) in [7, 11) is 0. The molecule has 0 N–H and O–H groups in total. The molecule has 0 bridgehead atoms. The molecule has 260 valence electrons. The first kappa shape index (κ1) is 29.7. The van der Waals surface area contributed by atoms with Crippen molar-refractivity contribution in [2.45, 2.75) is 0 Å². The van der Waals surface area contributed by atoms with Gasteiger partial charge in [0.05, 0.1) is 44.1 Å². The topological polar surface area (TPSA) is 44.5 Å². The Labute approximate surface area is 319 Å². The van der Waals surface area contributed by atoms with E-state index in [4.69, 9.17) is 9.97 Å². The molecule has 13 aromatic rings. The second-order valence-electron chi connectivity index (χ2n) is 14.7. The fourth-order valence-corrected chi connectivity index (χ4v) is 9.28. The lowest BCUT2D eigenvalue weighted by molar-refractivity contribution is 1.11. The van der Waals surface area contributed by atoms with E-state index in [0.29, 0.717) is 0 Å². The molecule has 0 aliphatic rings. The highest BCUT2D eigenvalue weighted by Crippen LogP contribution is 2.39. The molecular formula is C50H30N6. The Morgan fingerprint density at radius 1 is 0.286 bits per heavy atom. The van der Waals surface area contributed by atoms with Crippen molar-refractivity contribution < 1.29 is 0 Å². The van der Waals surface area contributed by atoms with E-state index in [9.17, 15) is 0 Å². The van der Waals surface area contributed by atoms with E-state index in [1.807, 2.05) is 0 Å². The molecule has 6 nitrogen and oxygen atoms in total. The number of hydrogen-bond acceptors (Lipinski definition) is 2. The molecule has 0 amide bonds. The van der Waals surface area contributed by atoms with Crippen molar-refractivity contribution >= 4 is 88.0 Å². The monoisotopic (exact) mass is 714 g/mol. The lowest BCUT2D eigenvalue weighted by Gasteiger charge is -2.13. The zero-order chi connectivity index (χ0) is 36.5. The van der Waals surface area contributed by atoms with E-state index in [1.165, 1.54) is 32.3 Å². The Bertz CT molecular complexity index is 3730. The van der Waals surface area contributed by atoms with Gasteiger partial charge in [-0.15, -0.1) is 0 Å². The third-order valence-electron chi connectivity index (χ3n) is 11.7. The highest BCUT2D eigenvalue weighted by atomic mass is 15.2. The molecule has 0 saturated carbocycles. The standard InChI is InChI=1S/C50H30N6/c1-2-12-33(13-3-1)53-45-26-22-31(28-47(45)55-43-20-10-8-18-41(43)51-49(53)55)32-23-27-46-48(29-32)56-44-21-11-9-19-42(44)52-50(56)54(46)34-24-25-39-37-16-5-4-14-35(37)36-15-6-7-17-38(36)40(39)30-34/h1-30H. The van der Waals surface area contributed by atoms with E-state index in [-0.39, 0.29) is 0 Å². The molecule has 9 aromatic carbocycles. The van der Waals surface area contributed by atoms with E-state index in [1.54, 1.807) is 0 Å². The van der Waals surface area contributed by atoms with Gasteiger partial charge in [0, 0.05) is 11.4 Å². The van der Waals surface area contributed by atoms with Gasteiger partial charge in [0.2, 0.25) is 11.6 Å². The molecule has 13 rings (SSSR count). The summed E-state index contributed by atoms with van der Waals surface area (Å²) in [6.07, 6.45) is 0. The zero-order valence-corrected chi connectivity index (χ0v) is 30.0. The minimum Gasteiger partial charge on any atom is -0.278 e. The van der Waals surface area contributed by atoms with Crippen molar-refractivity contribution in [1.29, 1.82) is 0 Å². The predicted octanol–water partition coefficient (Wildman–Crippen LogP) is 12.3.